The lowest BCUT2D eigenvalue weighted by Crippen LogP contribution is -2.13. The molecule has 1 atom stereocenters. The largest absolute Gasteiger partial charge is 0.464 e. The van der Waals surface area contributed by atoms with Crippen LogP contribution in [-0.4, -0.2) is 9.97 Å². The maximum absolute atomic E-state index is 5.96. The fraction of sp³-hybridized carbons (Fsp3) is 0.467. The zero-order valence-corrected chi connectivity index (χ0v) is 12.7. The highest BCUT2D eigenvalue weighted by Crippen LogP contribution is 2.25. The van der Waals surface area contributed by atoms with E-state index in [1.54, 1.807) is 0 Å². The van der Waals surface area contributed by atoms with Crippen LogP contribution in [0.15, 0.2) is 16.5 Å². The first-order valence-corrected chi connectivity index (χ1v) is 6.85. The number of nitrogens with zero attached hydrogens (tertiary/aromatic N) is 2. The van der Waals surface area contributed by atoms with E-state index in [1.807, 2.05) is 46.8 Å². The van der Waals surface area contributed by atoms with Crippen molar-refractivity contribution in [2.45, 2.75) is 46.6 Å². The lowest BCUT2D eigenvalue weighted by molar-refractivity contribution is 0.466. The number of rotatable bonds is 4. The minimum absolute atomic E-state index is 0.0247. The van der Waals surface area contributed by atoms with Gasteiger partial charge in [-0.1, -0.05) is 13.8 Å². The summed E-state index contributed by atoms with van der Waals surface area (Å²) >= 11 is 0. The van der Waals surface area contributed by atoms with Crippen LogP contribution >= 0.6 is 0 Å². The topological polar surface area (TPSA) is 77.0 Å². The Balaban J connectivity index is 2.28. The summed E-state index contributed by atoms with van der Waals surface area (Å²) in [7, 11) is 0. The lowest BCUT2D eigenvalue weighted by atomic mass is 10.2. The maximum Gasteiger partial charge on any atom is 0.135 e. The van der Waals surface area contributed by atoms with Gasteiger partial charge in [0.25, 0.3) is 0 Å². The third kappa shape index (κ3) is 2.92. The van der Waals surface area contributed by atoms with E-state index >= 15 is 0 Å². The Kier molecular flexibility index (Phi) is 3.97. The fourth-order valence-electron chi connectivity index (χ4n) is 1.91. The highest BCUT2D eigenvalue weighted by molar-refractivity contribution is 5.55. The van der Waals surface area contributed by atoms with Crippen molar-refractivity contribution in [2.24, 2.45) is 0 Å². The first-order valence-electron chi connectivity index (χ1n) is 6.85. The molecule has 5 nitrogen and oxygen atoms in total. The molecule has 0 saturated carbocycles. The van der Waals surface area contributed by atoms with E-state index in [1.165, 1.54) is 0 Å². The molecule has 108 valence electrons. The van der Waals surface area contributed by atoms with Crippen LogP contribution in [0.1, 0.15) is 55.6 Å². The fourth-order valence-corrected chi connectivity index (χ4v) is 1.91. The molecule has 0 aromatic carbocycles. The van der Waals surface area contributed by atoms with E-state index in [0.717, 1.165) is 28.7 Å². The van der Waals surface area contributed by atoms with Crippen molar-refractivity contribution in [1.82, 2.24) is 9.97 Å². The number of nitrogen functional groups attached to an aromatic ring is 1. The van der Waals surface area contributed by atoms with Gasteiger partial charge in [0.2, 0.25) is 0 Å². The molecule has 0 spiro atoms. The Morgan fingerprint density at radius 2 is 1.85 bits per heavy atom. The quantitative estimate of drug-likeness (QED) is 0.891. The van der Waals surface area contributed by atoms with E-state index in [2.05, 4.69) is 15.3 Å². The number of aromatic nitrogens is 2. The standard InChI is InChI=1S/C15H22N4O/c1-8(2)14-18-13(16)10(4)15(19-14)17-11(5)12-7-6-9(3)20-12/h6-8,11H,1-5H3,(H3,16,17,18,19). The maximum atomic E-state index is 5.96. The molecule has 0 aliphatic rings. The van der Waals surface area contributed by atoms with Crippen LogP contribution in [-0.2, 0) is 0 Å². The highest BCUT2D eigenvalue weighted by atomic mass is 16.3. The van der Waals surface area contributed by atoms with Crippen LogP contribution in [0.3, 0.4) is 0 Å². The molecule has 2 aromatic heterocycles. The smallest absolute Gasteiger partial charge is 0.135 e. The van der Waals surface area contributed by atoms with Crippen molar-refractivity contribution >= 4 is 11.6 Å². The van der Waals surface area contributed by atoms with Gasteiger partial charge in [0, 0.05) is 11.5 Å². The molecule has 0 saturated heterocycles. The third-order valence-electron chi connectivity index (χ3n) is 3.26. The van der Waals surface area contributed by atoms with E-state index in [-0.39, 0.29) is 12.0 Å². The zero-order chi connectivity index (χ0) is 14.9. The van der Waals surface area contributed by atoms with Crippen molar-refractivity contribution < 1.29 is 4.42 Å². The average molecular weight is 274 g/mol. The van der Waals surface area contributed by atoms with Gasteiger partial charge in [0.05, 0.1) is 6.04 Å². The van der Waals surface area contributed by atoms with Gasteiger partial charge < -0.3 is 15.5 Å². The number of nitrogens with one attached hydrogen (secondary N) is 1. The molecule has 20 heavy (non-hydrogen) atoms. The van der Waals surface area contributed by atoms with Crippen LogP contribution < -0.4 is 11.1 Å². The van der Waals surface area contributed by atoms with Crippen molar-refractivity contribution in [3.8, 4) is 0 Å². The molecular weight excluding hydrogens is 252 g/mol. The predicted molar refractivity (Wildman–Crippen MR) is 80.8 cm³/mol. The van der Waals surface area contributed by atoms with Crippen molar-refractivity contribution in [1.29, 1.82) is 0 Å². The van der Waals surface area contributed by atoms with Gasteiger partial charge in [0.15, 0.2) is 0 Å². The summed E-state index contributed by atoms with van der Waals surface area (Å²) in [5.41, 5.74) is 6.83. The van der Waals surface area contributed by atoms with Gasteiger partial charge in [-0.15, -0.1) is 0 Å². The van der Waals surface area contributed by atoms with Crippen molar-refractivity contribution in [3.05, 3.63) is 35.0 Å². The first-order chi connectivity index (χ1) is 9.38. The minimum atomic E-state index is 0.0247. The molecule has 2 aromatic rings. The third-order valence-corrected chi connectivity index (χ3v) is 3.26. The first kappa shape index (κ1) is 14.4. The van der Waals surface area contributed by atoms with Gasteiger partial charge in [0.1, 0.15) is 29.0 Å². The molecule has 0 fully saturated rings. The molecule has 5 heteroatoms. The van der Waals surface area contributed by atoms with Crippen LogP contribution in [0.2, 0.25) is 0 Å². The van der Waals surface area contributed by atoms with Crippen LogP contribution in [0.5, 0.6) is 0 Å². The molecular formula is C15H22N4O. The molecule has 0 bridgehead atoms. The van der Waals surface area contributed by atoms with E-state index in [0.29, 0.717) is 5.82 Å². The Morgan fingerprint density at radius 1 is 1.15 bits per heavy atom. The predicted octanol–water partition coefficient (Wildman–Crippen LogP) is 3.57. The summed E-state index contributed by atoms with van der Waals surface area (Å²) in [6, 6.07) is 3.95. The summed E-state index contributed by atoms with van der Waals surface area (Å²) in [6.07, 6.45) is 0. The summed E-state index contributed by atoms with van der Waals surface area (Å²) in [4.78, 5) is 8.88. The Labute approximate surface area is 119 Å². The van der Waals surface area contributed by atoms with Crippen molar-refractivity contribution in [2.75, 3.05) is 11.1 Å². The second-order valence-corrected chi connectivity index (χ2v) is 5.41. The minimum Gasteiger partial charge on any atom is -0.464 e. The highest BCUT2D eigenvalue weighted by Gasteiger charge is 2.15. The molecule has 2 heterocycles. The summed E-state index contributed by atoms with van der Waals surface area (Å²) < 4.78 is 5.63. The molecule has 0 amide bonds. The summed E-state index contributed by atoms with van der Waals surface area (Å²) in [5.74, 6) is 4.05. The van der Waals surface area contributed by atoms with Crippen LogP contribution in [0, 0.1) is 13.8 Å². The van der Waals surface area contributed by atoms with Crippen molar-refractivity contribution in [3.63, 3.8) is 0 Å². The second kappa shape index (κ2) is 5.53. The number of nitrogens with two attached hydrogens (primary N) is 1. The number of hydrogen-bond acceptors (Lipinski definition) is 5. The second-order valence-electron chi connectivity index (χ2n) is 5.41. The van der Waals surface area contributed by atoms with Gasteiger partial charge in [-0.25, -0.2) is 9.97 Å². The van der Waals surface area contributed by atoms with Gasteiger partial charge >= 0.3 is 0 Å². The summed E-state index contributed by atoms with van der Waals surface area (Å²) in [5, 5.41) is 3.35. The molecule has 2 rings (SSSR count). The van der Waals surface area contributed by atoms with Crippen LogP contribution in [0.4, 0.5) is 11.6 Å². The number of furan rings is 1. The normalized spacial score (nSPS) is 12.7. The monoisotopic (exact) mass is 274 g/mol. The van der Waals surface area contributed by atoms with Gasteiger partial charge in [-0.05, 0) is 32.9 Å². The Hall–Kier alpha value is -2.04. The number of aryl methyl sites for hydroxylation is 1. The van der Waals surface area contributed by atoms with E-state index in [4.69, 9.17) is 10.2 Å². The lowest BCUT2D eigenvalue weighted by Gasteiger charge is -2.17. The molecule has 0 radical (unpaired) electrons. The molecule has 3 N–H and O–H groups in total. The molecule has 0 aliphatic carbocycles. The Morgan fingerprint density at radius 3 is 2.40 bits per heavy atom. The summed E-state index contributed by atoms with van der Waals surface area (Å²) in [6.45, 7) is 9.98. The SMILES string of the molecule is Cc1ccc(C(C)Nc2nc(C(C)C)nc(N)c2C)o1. The van der Waals surface area contributed by atoms with Gasteiger partial charge in [-0.2, -0.15) is 0 Å². The average Bonchev–Trinajstić information content (AvgIpc) is 2.81. The van der Waals surface area contributed by atoms with E-state index in [9.17, 15) is 0 Å². The molecule has 0 aliphatic heterocycles. The zero-order valence-electron chi connectivity index (χ0n) is 12.7. The molecule has 1 unspecified atom stereocenters. The van der Waals surface area contributed by atoms with Crippen LogP contribution in [0.25, 0.3) is 0 Å². The van der Waals surface area contributed by atoms with E-state index < -0.39 is 0 Å². The van der Waals surface area contributed by atoms with Gasteiger partial charge in [-0.3, -0.25) is 0 Å². The number of hydrogen-bond donors (Lipinski definition) is 2. The number of anilines is 2. The Bertz CT molecular complexity index is 604.